The topological polar surface area (TPSA) is 77.3 Å². The normalized spacial score (nSPS) is 14.1. The fourth-order valence-electron chi connectivity index (χ4n) is 2.54. The van der Waals surface area contributed by atoms with Crippen molar-refractivity contribution in [2.24, 2.45) is 5.73 Å². The molecular formula is C17H24N2O3. The smallest absolute Gasteiger partial charge is 0.323 e. The Labute approximate surface area is 130 Å². The minimum absolute atomic E-state index is 0.0258. The van der Waals surface area contributed by atoms with Crippen LogP contribution >= 0.6 is 0 Å². The molecule has 2 atom stereocenters. The summed E-state index contributed by atoms with van der Waals surface area (Å²) >= 11 is 0. The van der Waals surface area contributed by atoms with Crippen LogP contribution in [0.25, 0.3) is 10.9 Å². The molecule has 5 nitrogen and oxygen atoms in total. The van der Waals surface area contributed by atoms with Crippen molar-refractivity contribution in [2.75, 3.05) is 6.61 Å². The van der Waals surface area contributed by atoms with E-state index in [4.69, 9.17) is 15.2 Å². The van der Waals surface area contributed by atoms with E-state index in [0.29, 0.717) is 12.5 Å². The molecule has 1 aromatic carbocycles. The summed E-state index contributed by atoms with van der Waals surface area (Å²) in [6.45, 7) is 7.94. The van der Waals surface area contributed by atoms with Crippen molar-refractivity contribution in [3.05, 3.63) is 29.8 Å². The maximum absolute atomic E-state index is 12.0. The van der Waals surface area contributed by atoms with E-state index in [0.717, 1.165) is 16.5 Å². The minimum atomic E-state index is -0.728. The van der Waals surface area contributed by atoms with Gasteiger partial charge in [0, 0.05) is 22.4 Å². The van der Waals surface area contributed by atoms with Crippen LogP contribution in [0.4, 0.5) is 0 Å². The first-order valence-electron chi connectivity index (χ1n) is 7.65. The number of nitrogens with two attached hydrogens (primary N) is 1. The summed E-state index contributed by atoms with van der Waals surface area (Å²) in [7, 11) is 0. The molecule has 2 aromatic rings. The molecule has 0 saturated carbocycles. The van der Waals surface area contributed by atoms with E-state index in [-0.39, 0.29) is 12.0 Å². The van der Waals surface area contributed by atoms with Gasteiger partial charge in [0.1, 0.15) is 6.04 Å². The van der Waals surface area contributed by atoms with Crippen LogP contribution in [0.15, 0.2) is 24.3 Å². The first-order chi connectivity index (χ1) is 10.5. The van der Waals surface area contributed by atoms with Crippen LogP contribution in [0, 0.1) is 0 Å². The maximum Gasteiger partial charge on any atom is 0.323 e. The van der Waals surface area contributed by atoms with Crippen molar-refractivity contribution in [3.63, 3.8) is 0 Å². The molecule has 0 radical (unpaired) electrons. The molecule has 5 heteroatoms. The number of fused-ring (bicyclic) bond motifs is 1. The molecule has 120 valence electrons. The van der Waals surface area contributed by atoms with Crippen molar-refractivity contribution >= 4 is 16.9 Å². The second-order valence-electron chi connectivity index (χ2n) is 5.65. The van der Waals surface area contributed by atoms with Gasteiger partial charge in [-0.25, -0.2) is 0 Å². The summed E-state index contributed by atoms with van der Waals surface area (Å²) in [5.74, 6) is 0.0585. The Morgan fingerprint density at radius 2 is 1.95 bits per heavy atom. The Morgan fingerprint density at radius 3 is 2.59 bits per heavy atom. The average Bonchev–Trinajstić information content (AvgIpc) is 2.82. The molecule has 0 aliphatic rings. The van der Waals surface area contributed by atoms with Crippen LogP contribution in [0.2, 0.25) is 0 Å². The van der Waals surface area contributed by atoms with Gasteiger partial charge in [0.2, 0.25) is 0 Å². The van der Waals surface area contributed by atoms with E-state index in [1.807, 2.05) is 45.0 Å². The van der Waals surface area contributed by atoms with E-state index >= 15 is 0 Å². The second-order valence-corrected chi connectivity index (χ2v) is 5.65. The molecule has 0 amide bonds. The highest BCUT2D eigenvalue weighted by Gasteiger charge is 2.29. The summed E-state index contributed by atoms with van der Waals surface area (Å²) in [5.41, 5.74) is 7.97. The van der Waals surface area contributed by atoms with Crippen LogP contribution in [-0.4, -0.2) is 29.7 Å². The number of hydrogen-bond acceptors (Lipinski definition) is 4. The van der Waals surface area contributed by atoms with Crippen molar-refractivity contribution in [1.82, 2.24) is 4.98 Å². The number of aromatic amines is 1. The highest BCUT2D eigenvalue weighted by Crippen LogP contribution is 2.36. The molecule has 22 heavy (non-hydrogen) atoms. The molecule has 2 unspecified atom stereocenters. The highest BCUT2D eigenvalue weighted by molar-refractivity contribution is 5.88. The highest BCUT2D eigenvalue weighted by atomic mass is 16.5. The number of carbonyl (C=O) groups is 1. The third-order valence-electron chi connectivity index (χ3n) is 3.62. The monoisotopic (exact) mass is 304 g/mol. The third-order valence-corrected chi connectivity index (χ3v) is 3.62. The van der Waals surface area contributed by atoms with Gasteiger partial charge >= 0.3 is 5.97 Å². The second kappa shape index (κ2) is 6.83. The van der Waals surface area contributed by atoms with Crippen molar-refractivity contribution in [3.8, 4) is 5.88 Å². The van der Waals surface area contributed by atoms with E-state index in [1.165, 1.54) is 0 Å². The number of hydrogen-bond donors (Lipinski definition) is 2. The first kappa shape index (κ1) is 16.4. The van der Waals surface area contributed by atoms with Crippen LogP contribution in [-0.2, 0) is 9.53 Å². The molecule has 0 aliphatic carbocycles. The van der Waals surface area contributed by atoms with Gasteiger partial charge in [0.15, 0.2) is 5.88 Å². The quantitative estimate of drug-likeness (QED) is 0.804. The lowest BCUT2D eigenvalue weighted by Gasteiger charge is -2.20. The Kier molecular flexibility index (Phi) is 5.08. The van der Waals surface area contributed by atoms with Gasteiger partial charge in [-0.1, -0.05) is 25.1 Å². The van der Waals surface area contributed by atoms with Crippen LogP contribution in [0.1, 0.15) is 39.2 Å². The van der Waals surface area contributed by atoms with Crippen molar-refractivity contribution < 1.29 is 14.3 Å². The number of ether oxygens (including phenoxy) is 2. The van der Waals surface area contributed by atoms with Crippen LogP contribution in [0.3, 0.4) is 0 Å². The van der Waals surface area contributed by atoms with E-state index < -0.39 is 12.0 Å². The van der Waals surface area contributed by atoms with Gasteiger partial charge < -0.3 is 20.2 Å². The molecule has 0 aliphatic heterocycles. The van der Waals surface area contributed by atoms with E-state index in [2.05, 4.69) is 4.98 Å². The zero-order chi connectivity index (χ0) is 16.3. The third kappa shape index (κ3) is 3.25. The Morgan fingerprint density at radius 1 is 1.27 bits per heavy atom. The summed E-state index contributed by atoms with van der Waals surface area (Å²) in [6, 6.07) is 7.17. The van der Waals surface area contributed by atoms with Gasteiger partial charge in [-0.3, -0.25) is 4.79 Å². The number of rotatable bonds is 6. The molecule has 0 saturated heterocycles. The number of para-hydroxylation sites is 1. The lowest BCUT2D eigenvalue weighted by Crippen LogP contribution is -2.37. The zero-order valence-electron chi connectivity index (χ0n) is 13.6. The minimum Gasteiger partial charge on any atom is -0.476 e. The summed E-state index contributed by atoms with van der Waals surface area (Å²) in [5, 5.41) is 1.02. The molecule has 3 N–H and O–H groups in total. The number of H-pyrrole nitrogens is 1. The predicted molar refractivity (Wildman–Crippen MR) is 87.1 cm³/mol. The maximum atomic E-state index is 12.0. The van der Waals surface area contributed by atoms with Crippen LogP contribution in [0.5, 0.6) is 5.88 Å². The molecule has 1 aromatic heterocycles. The Hall–Kier alpha value is -2.01. The number of benzene rings is 1. The summed E-state index contributed by atoms with van der Waals surface area (Å²) < 4.78 is 10.9. The molecular weight excluding hydrogens is 280 g/mol. The molecule has 0 bridgehead atoms. The zero-order valence-corrected chi connectivity index (χ0v) is 13.6. The average molecular weight is 304 g/mol. The van der Waals surface area contributed by atoms with Crippen LogP contribution < -0.4 is 10.5 Å². The molecule has 0 spiro atoms. The lowest BCUT2D eigenvalue weighted by molar-refractivity contribution is -0.145. The fourth-order valence-corrected chi connectivity index (χ4v) is 2.54. The van der Waals surface area contributed by atoms with E-state index in [1.54, 1.807) is 6.92 Å². The fraction of sp³-hybridized carbons (Fsp3) is 0.471. The number of aromatic nitrogens is 1. The van der Waals surface area contributed by atoms with Gasteiger partial charge in [-0.15, -0.1) is 0 Å². The molecule has 0 fully saturated rings. The number of carbonyl (C=O) groups excluding carboxylic acids is 1. The van der Waals surface area contributed by atoms with Gasteiger partial charge in [0.25, 0.3) is 0 Å². The standard InChI is InChI=1S/C17H24N2O3/c1-5-21-17(20)15(18)11(4)14-12-8-6-7-9-13(12)19-16(14)22-10(2)3/h6-11,15,19H,5,18H2,1-4H3. The Balaban J connectivity index is 2.44. The summed E-state index contributed by atoms with van der Waals surface area (Å²) in [4.78, 5) is 15.2. The van der Waals surface area contributed by atoms with Gasteiger partial charge in [0.05, 0.1) is 12.7 Å². The van der Waals surface area contributed by atoms with Crippen molar-refractivity contribution in [1.29, 1.82) is 0 Å². The Bertz CT molecular complexity index is 648. The molecule has 1 heterocycles. The lowest BCUT2D eigenvalue weighted by atomic mass is 9.93. The van der Waals surface area contributed by atoms with E-state index in [9.17, 15) is 4.79 Å². The first-order valence-corrected chi connectivity index (χ1v) is 7.65. The number of nitrogens with one attached hydrogen (secondary N) is 1. The molecule has 2 rings (SSSR count). The summed E-state index contributed by atoms with van der Waals surface area (Å²) in [6.07, 6.45) is 0.0258. The SMILES string of the molecule is CCOC(=O)C(N)C(C)c1c(OC(C)C)[nH]c2ccccc12. The van der Waals surface area contributed by atoms with Gasteiger partial charge in [-0.05, 0) is 26.8 Å². The van der Waals surface area contributed by atoms with Crippen molar-refractivity contribution in [2.45, 2.75) is 45.8 Å². The predicted octanol–water partition coefficient (Wildman–Crippen LogP) is 2.95. The largest absolute Gasteiger partial charge is 0.476 e. The van der Waals surface area contributed by atoms with Gasteiger partial charge in [-0.2, -0.15) is 0 Å². The number of esters is 1.